The number of carbonyl (C=O) groups excluding carboxylic acids is 14. The molecule has 0 aromatic carbocycles. The van der Waals surface area contributed by atoms with Gasteiger partial charge in [0.25, 0.3) is 48.8 Å². The van der Waals surface area contributed by atoms with Crippen LogP contribution in [0.15, 0.2) is 20.6 Å². The van der Waals surface area contributed by atoms with Crippen molar-refractivity contribution in [3.05, 3.63) is 0 Å². The number of oxime groups is 4. The molecule has 0 unspecified atom stereocenters. The highest BCUT2D eigenvalue weighted by Crippen LogP contribution is 2.28. The summed E-state index contributed by atoms with van der Waals surface area (Å²) >= 11 is 0. The monoisotopic (exact) mass is 1890 g/mol. The van der Waals surface area contributed by atoms with Crippen molar-refractivity contribution in [2.75, 3.05) is 78.8 Å². The molecule has 28 N–H and O–H groups in total. The summed E-state index contributed by atoms with van der Waals surface area (Å²) in [5, 5.41) is 204. The van der Waals surface area contributed by atoms with Gasteiger partial charge in [-0.2, -0.15) is 0 Å². The molecule has 0 aromatic heterocycles. The Labute approximate surface area is 752 Å². The van der Waals surface area contributed by atoms with Crippen molar-refractivity contribution in [1.29, 1.82) is 0 Å². The maximum Gasteiger partial charge on any atom is 0.265 e. The molecule has 7 aliphatic rings. The number of fused-ring (bicyclic) bond motifs is 2. The van der Waals surface area contributed by atoms with E-state index < -0.39 is 293 Å². The fraction of sp³-hybridized carbons (Fsp3) is 0.763. The van der Waals surface area contributed by atoms with Crippen molar-refractivity contribution in [1.82, 2.24) is 73.6 Å². The van der Waals surface area contributed by atoms with Gasteiger partial charge in [0.1, 0.15) is 171 Å². The van der Waals surface area contributed by atoms with Crippen LogP contribution in [0.3, 0.4) is 0 Å². The topological polar surface area (TPSA) is 837 Å². The summed E-state index contributed by atoms with van der Waals surface area (Å²) in [6.45, 7) is -3.11. The Morgan fingerprint density at radius 1 is 0.348 bits per heavy atom. The van der Waals surface area contributed by atoms with Crippen molar-refractivity contribution in [2.45, 2.75) is 288 Å². The Bertz CT molecular complexity index is 3690. The van der Waals surface area contributed by atoms with Gasteiger partial charge in [-0.25, -0.2) is 0 Å². The van der Waals surface area contributed by atoms with Crippen LogP contribution < -0.4 is 63.8 Å². The molecule has 7 heterocycles. The van der Waals surface area contributed by atoms with E-state index in [1.807, 2.05) is 0 Å². The van der Waals surface area contributed by atoms with Crippen LogP contribution in [0.4, 0.5) is 0 Å². The molecular weight excluding hydrogens is 1770 g/mol. The zero-order valence-corrected chi connectivity index (χ0v) is 72.1. The van der Waals surface area contributed by atoms with E-state index in [1.54, 1.807) is 0 Å². The molecule has 56 nitrogen and oxygen atoms in total. The zero-order valence-electron chi connectivity index (χ0n) is 72.1. The van der Waals surface area contributed by atoms with Crippen LogP contribution in [0.25, 0.3) is 0 Å². The van der Waals surface area contributed by atoms with E-state index in [-0.39, 0.29) is 142 Å². The Morgan fingerprint density at radius 2 is 0.606 bits per heavy atom. The van der Waals surface area contributed by atoms with Crippen LogP contribution in [0, 0.1) is 0 Å². The molecule has 744 valence electrons. The van der Waals surface area contributed by atoms with E-state index in [0.717, 1.165) is 9.80 Å². The lowest BCUT2D eigenvalue weighted by Crippen LogP contribution is -2.59. The van der Waals surface area contributed by atoms with E-state index in [1.165, 1.54) is 13.8 Å². The Balaban J connectivity index is 1.10. The van der Waals surface area contributed by atoms with Crippen LogP contribution >= 0.6 is 0 Å². The largest absolute Gasteiger partial charge is 0.394 e. The zero-order chi connectivity index (χ0) is 97.0. The van der Waals surface area contributed by atoms with Gasteiger partial charge in [-0.3, -0.25) is 67.1 Å². The van der Waals surface area contributed by atoms with Crippen LogP contribution in [0.2, 0.25) is 0 Å². The fourth-order valence-electron chi connectivity index (χ4n) is 14.6. The SMILES string of the molecule is C[C@@H]1NC(=O)[C@H](CCCCNC(=O)/C=N/O[C@H]2O[C@H](CO)[C@@H](O)[C@H](O)[C@H]2O)NC(=O)CNC(=O)[C@@H]2CCCN2C(=O)[C@H](CCCCNC(=O)/C=N/O[C@H]2O[C@H](CO)[C@@H](O)[C@H](O)[C@H]2O)NC(=O)[C@H](C)NC(=O)[C@H](CCCCNC(=O)/C=N/O[C@H]2O[C@H](CO)[C@@H](O)[C@H](O)[C@H]2O)NC(=O)CNC(=O)[C@@H]2CCCN2C(=O)[C@H](CCCCNC(=O)/C=N/O[C@H]2O[C@H](CO)[C@@H](O)[C@H](O)[C@H]2O)NC1=O. The first kappa shape index (κ1) is 109. The molecule has 0 saturated carbocycles. The minimum atomic E-state index is -1.85. The third-order valence-electron chi connectivity index (χ3n) is 22.2. The smallest absolute Gasteiger partial charge is 0.265 e. The van der Waals surface area contributed by atoms with Gasteiger partial charge in [0.05, 0.1) is 39.5 Å². The third kappa shape index (κ3) is 32.5. The summed E-state index contributed by atoms with van der Waals surface area (Å²) in [7, 11) is 0. The Kier molecular flexibility index (Phi) is 45.1. The lowest BCUT2D eigenvalue weighted by atomic mass is 9.99. The van der Waals surface area contributed by atoms with Gasteiger partial charge in [-0.05, 0) is 117 Å². The number of aliphatic hydroxyl groups excluding tert-OH is 16. The molecular formula is C76H122N18O38. The van der Waals surface area contributed by atoms with E-state index in [4.69, 9.17) is 38.3 Å². The molecule has 7 aliphatic heterocycles. The molecule has 0 bridgehead atoms. The number of amides is 14. The summed E-state index contributed by atoms with van der Waals surface area (Å²) in [5.74, 6) is -13.0. The summed E-state index contributed by atoms with van der Waals surface area (Å²) in [6.07, 6.45) is -31.5. The van der Waals surface area contributed by atoms with Gasteiger partial charge in [0.15, 0.2) is 0 Å². The first-order valence-corrected chi connectivity index (χ1v) is 43.0. The number of hydrogen-bond donors (Lipinski definition) is 28. The molecule has 7 rings (SSSR count). The first-order chi connectivity index (χ1) is 62.9. The number of carbonyl (C=O) groups is 14. The highest BCUT2D eigenvalue weighted by Gasteiger charge is 2.50. The van der Waals surface area contributed by atoms with E-state index >= 15 is 0 Å². The van der Waals surface area contributed by atoms with Gasteiger partial charge >= 0.3 is 0 Å². The van der Waals surface area contributed by atoms with Gasteiger partial charge in [-0.15, -0.1) is 0 Å². The second-order valence-corrected chi connectivity index (χ2v) is 31.9. The molecule has 14 amide bonds. The third-order valence-corrected chi connectivity index (χ3v) is 22.2. The predicted molar refractivity (Wildman–Crippen MR) is 439 cm³/mol. The number of nitrogens with zero attached hydrogens (tertiary/aromatic N) is 6. The standard InChI is InChI=1S/C76H122N18O38/c1-35-65(117)91-39(15-5-9-21-79-49(101)29-85-131-75-63(115)59(111)55(107)45(33-97)127-75)71(123)93-23-11-17-41(93)69(121)82-26-52(104)90-38(14-4-8-20-78-48(100)28-84-130-74-62(114)58(110)54(106)44(32-96)126-74)68(120)88-36(2)66(118)92-40(16-6-10-22-80-50(102)30-86-132-76-64(116)60(112)56(108)46(34-98)128-76)72(124)94-24-12-18-42(94)70(122)81-25-51(103)89-37(67(119)87-35)13-3-7-19-77-47(99)27-83-129-73-61(113)57(109)53(105)43(31-95)125-73/h27-30,35-46,53-64,73-76,95-98,105-116H,3-26,31-34H2,1-2H3,(H,77,99)(H,78,100)(H,79,101)(H,80,102)(H,81,122)(H,82,121)(H,87,119)(H,88,120)(H,89,103)(H,90,104)(H,91,117)(H,92,118)/b83-27+,84-28+,85-29+,86-30+/t35-,36-,37-,38-,39-,40-,41-,42-,43+,44+,45+,46+,53+,54+,55+,56+,57-,58-,59-,60-,61+,62+,63+,64+,73+,74+,75+,76+/m0/s1. The number of rotatable bonds is 36. The van der Waals surface area contributed by atoms with Crippen molar-refractivity contribution >= 4 is 108 Å². The minimum absolute atomic E-state index is 0.00365. The fourth-order valence-corrected chi connectivity index (χ4v) is 14.6. The first-order valence-electron chi connectivity index (χ1n) is 43.0. The predicted octanol–water partition coefficient (Wildman–Crippen LogP) is -16.5. The number of aliphatic hydroxyl groups is 16. The molecule has 132 heavy (non-hydrogen) atoms. The normalized spacial score (nSPS) is 33.8. The average molecular weight is 1900 g/mol. The number of nitrogens with one attached hydrogen (secondary N) is 12. The maximum absolute atomic E-state index is 14.9. The average Bonchev–Trinajstić information content (AvgIpc) is 1.80. The number of ether oxygens (including phenoxy) is 4. The van der Waals surface area contributed by atoms with Gasteiger partial charge < -0.3 is 194 Å². The number of hydrogen-bond acceptors (Lipinski definition) is 42. The van der Waals surface area contributed by atoms with Gasteiger partial charge in [-0.1, -0.05) is 20.6 Å². The molecule has 0 aliphatic carbocycles. The lowest BCUT2D eigenvalue weighted by Gasteiger charge is -2.38. The molecule has 0 spiro atoms. The summed E-state index contributed by atoms with van der Waals surface area (Å²) in [4.78, 5) is 218. The van der Waals surface area contributed by atoms with E-state index in [2.05, 4.69) is 84.4 Å². The lowest BCUT2D eigenvalue weighted by molar-refractivity contribution is -0.301. The van der Waals surface area contributed by atoms with Gasteiger partial charge in [0.2, 0.25) is 59.1 Å². The van der Waals surface area contributed by atoms with Crippen LogP contribution in [-0.2, 0) is 105 Å². The van der Waals surface area contributed by atoms with Crippen molar-refractivity contribution in [3.8, 4) is 0 Å². The second kappa shape index (κ2) is 54.7. The van der Waals surface area contributed by atoms with E-state index in [0.29, 0.717) is 24.9 Å². The Morgan fingerprint density at radius 3 is 0.864 bits per heavy atom. The molecule has 56 heteroatoms. The highest BCUT2D eigenvalue weighted by atomic mass is 16.8. The van der Waals surface area contributed by atoms with Gasteiger partial charge in [0, 0.05) is 39.3 Å². The number of unbranched alkanes of at least 4 members (excludes halogenated alkanes) is 4. The van der Waals surface area contributed by atoms with Crippen LogP contribution in [-0.4, -0.2) is 449 Å². The molecule has 7 saturated heterocycles. The van der Waals surface area contributed by atoms with E-state index in [9.17, 15) is 149 Å². The van der Waals surface area contributed by atoms with Crippen molar-refractivity contribution in [3.63, 3.8) is 0 Å². The molecule has 28 atom stereocenters. The second-order valence-electron chi connectivity index (χ2n) is 31.9. The molecule has 0 radical (unpaired) electrons. The summed E-state index contributed by atoms with van der Waals surface area (Å²) in [5.41, 5.74) is 0. The maximum atomic E-state index is 14.9. The minimum Gasteiger partial charge on any atom is -0.394 e. The molecule has 7 fully saturated rings. The van der Waals surface area contributed by atoms with Crippen molar-refractivity contribution < 1.29 is 187 Å². The molecule has 0 aromatic rings. The quantitative estimate of drug-likeness (QED) is 0.0157. The highest BCUT2D eigenvalue weighted by molar-refractivity contribution is 6.27. The Hall–Kier alpha value is -10.3. The van der Waals surface area contributed by atoms with Crippen LogP contribution in [0.1, 0.15) is 117 Å². The summed E-state index contributed by atoms with van der Waals surface area (Å²) < 4.78 is 20.8. The van der Waals surface area contributed by atoms with Crippen LogP contribution in [0.5, 0.6) is 0 Å². The van der Waals surface area contributed by atoms with Crippen molar-refractivity contribution in [2.24, 2.45) is 20.6 Å². The summed E-state index contributed by atoms with van der Waals surface area (Å²) in [6, 6.07) is -11.9.